The highest BCUT2D eigenvalue weighted by atomic mass is 35.5. The smallest absolute Gasteiger partial charge is 0.417 e. The van der Waals surface area contributed by atoms with Crippen molar-refractivity contribution in [2.24, 2.45) is 0 Å². The second-order valence-electron chi connectivity index (χ2n) is 4.86. The number of carbonyl (C=O) groups is 1. The van der Waals surface area contributed by atoms with Crippen molar-refractivity contribution in [3.05, 3.63) is 64.7 Å². The predicted octanol–water partition coefficient (Wildman–Crippen LogP) is 3.91. The Kier molecular flexibility index (Phi) is 6.31. The van der Waals surface area contributed by atoms with Gasteiger partial charge in [0, 0.05) is 10.6 Å². The topological polar surface area (TPSA) is 38.3 Å². The molecule has 3 nitrogen and oxygen atoms in total. The van der Waals surface area contributed by atoms with Gasteiger partial charge in [0.05, 0.1) is 12.1 Å². The Morgan fingerprint density at radius 2 is 1.80 bits per heavy atom. The van der Waals surface area contributed by atoms with Crippen LogP contribution in [-0.2, 0) is 11.0 Å². The molecule has 25 heavy (non-hydrogen) atoms. The number of amides is 1. The molecule has 7 heteroatoms. The van der Waals surface area contributed by atoms with Crippen molar-refractivity contribution in [3.63, 3.8) is 0 Å². The molecule has 0 heterocycles. The molecule has 0 radical (unpaired) electrons. The molecule has 2 aromatic rings. The molecule has 0 spiro atoms. The summed E-state index contributed by atoms with van der Waals surface area (Å²) < 4.78 is 43.7. The Morgan fingerprint density at radius 3 is 2.48 bits per heavy atom. The molecule has 0 aromatic heterocycles. The summed E-state index contributed by atoms with van der Waals surface area (Å²) in [5.41, 5.74) is -0.943. The van der Waals surface area contributed by atoms with Crippen molar-refractivity contribution in [1.82, 2.24) is 5.32 Å². The Morgan fingerprint density at radius 1 is 1.12 bits per heavy atom. The van der Waals surface area contributed by atoms with E-state index in [1.165, 1.54) is 18.2 Å². The SMILES string of the molecule is O=C(COc1ccc(Cl)cc1)NCC#Cc1ccccc1C(F)(F)F. The fourth-order valence-corrected chi connectivity index (χ4v) is 1.98. The minimum absolute atomic E-state index is 0.0883. The largest absolute Gasteiger partial charge is 0.484 e. The van der Waals surface area contributed by atoms with E-state index < -0.39 is 17.6 Å². The normalized spacial score (nSPS) is 10.6. The van der Waals surface area contributed by atoms with E-state index in [0.29, 0.717) is 10.8 Å². The second kappa shape index (κ2) is 8.45. The molecule has 2 rings (SSSR count). The first kappa shape index (κ1) is 18.7. The maximum Gasteiger partial charge on any atom is 0.417 e. The summed E-state index contributed by atoms with van der Waals surface area (Å²) in [7, 11) is 0. The lowest BCUT2D eigenvalue weighted by molar-refractivity contribution is -0.137. The number of rotatable bonds is 4. The van der Waals surface area contributed by atoms with E-state index in [9.17, 15) is 18.0 Å². The maximum absolute atomic E-state index is 12.8. The van der Waals surface area contributed by atoms with Crippen molar-refractivity contribution in [2.75, 3.05) is 13.2 Å². The van der Waals surface area contributed by atoms with Crippen LogP contribution in [0.15, 0.2) is 48.5 Å². The lowest BCUT2D eigenvalue weighted by atomic mass is 10.1. The monoisotopic (exact) mass is 367 g/mol. The van der Waals surface area contributed by atoms with Crippen LogP contribution in [-0.4, -0.2) is 19.1 Å². The van der Waals surface area contributed by atoms with Crippen LogP contribution in [0, 0.1) is 11.8 Å². The van der Waals surface area contributed by atoms with E-state index in [1.54, 1.807) is 24.3 Å². The number of hydrogen-bond acceptors (Lipinski definition) is 2. The third-order valence-corrected chi connectivity index (χ3v) is 3.27. The van der Waals surface area contributed by atoms with E-state index in [4.69, 9.17) is 16.3 Å². The highest BCUT2D eigenvalue weighted by Crippen LogP contribution is 2.31. The molecule has 0 aliphatic carbocycles. The summed E-state index contributed by atoms with van der Waals surface area (Å²) in [5.74, 6) is 4.95. The van der Waals surface area contributed by atoms with Crippen LogP contribution in [0.1, 0.15) is 11.1 Å². The first-order valence-corrected chi connectivity index (χ1v) is 7.54. The van der Waals surface area contributed by atoms with Crippen LogP contribution in [0.2, 0.25) is 5.02 Å². The number of hydrogen-bond donors (Lipinski definition) is 1. The van der Waals surface area contributed by atoms with E-state index in [-0.39, 0.29) is 18.7 Å². The van der Waals surface area contributed by atoms with Gasteiger partial charge < -0.3 is 10.1 Å². The molecule has 0 atom stereocenters. The number of benzene rings is 2. The molecule has 0 saturated carbocycles. The van der Waals surface area contributed by atoms with Crippen molar-refractivity contribution in [1.29, 1.82) is 0 Å². The molecule has 1 amide bonds. The van der Waals surface area contributed by atoms with Crippen molar-refractivity contribution >= 4 is 17.5 Å². The first-order chi connectivity index (χ1) is 11.9. The van der Waals surface area contributed by atoms with Crippen LogP contribution < -0.4 is 10.1 Å². The summed E-state index contributed by atoms with van der Waals surface area (Å²) in [5, 5.41) is 3.00. The van der Waals surface area contributed by atoms with Crippen LogP contribution >= 0.6 is 11.6 Å². The number of halogens is 4. The zero-order valence-electron chi connectivity index (χ0n) is 12.9. The Bertz CT molecular complexity index is 792. The zero-order valence-corrected chi connectivity index (χ0v) is 13.6. The summed E-state index contributed by atoms with van der Waals surface area (Å²) >= 11 is 5.73. The van der Waals surface area contributed by atoms with E-state index >= 15 is 0 Å². The van der Waals surface area contributed by atoms with Gasteiger partial charge in [-0.1, -0.05) is 35.6 Å². The first-order valence-electron chi connectivity index (χ1n) is 7.16. The van der Waals surface area contributed by atoms with Gasteiger partial charge in [0.2, 0.25) is 0 Å². The summed E-state index contributed by atoms with van der Waals surface area (Å²) in [6.07, 6.45) is -4.47. The Hall–Kier alpha value is -2.65. The van der Waals surface area contributed by atoms with Crippen LogP contribution in [0.4, 0.5) is 13.2 Å². The molecular weight excluding hydrogens is 355 g/mol. The van der Waals surface area contributed by atoms with Gasteiger partial charge in [-0.3, -0.25) is 4.79 Å². The molecule has 1 N–H and O–H groups in total. The lowest BCUT2D eigenvalue weighted by Crippen LogP contribution is -2.29. The Labute approximate surface area is 147 Å². The third-order valence-electron chi connectivity index (χ3n) is 3.01. The second-order valence-corrected chi connectivity index (χ2v) is 5.30. The number of ether oxygens (including phenoxy) is 1. The minimum atomic E-state index is -4.47. The van der Waals surface area contributed by atoms with Gasteiger partial charge in [0.1, 0.15) is 5.75 Å². The molecule has 0 aliphatic rings. The van der Waals surface area contributed by atoms with Gasteiger partial charge in [-0.15, -0.1) is 0 Å². The average Bonchev–Trinajstić information content (AvgIpc) is 2.58. The summed E-state index contributed by atoms with van der Waals surface area (Å²) in [6, 6.07) is 11.5. The maximum atomic E-state index is 12.8. The summed E-state index contributed by atoms with van der Waals surface area (Å²) in [6.45, 7) is -0.322. The van der Waals surface area contributed by atoms with Gasteiger partial charge in [0.25, 0.3) is 5.91 Å². The zero-order chi connectivity index (χ0) is 18.3. The molecule has 0 unspecified atom stereocenters. The van der Waals surface area contributed by atoms with E-state index in [1.807, 2.05) is 0 Å². The highest BCUT2D eigenvalue weighted by molar-refractivity contribution is 6.30. The molecule has 0 bridgehead atoms. The molecule has 130 valence electrons. The van der Waals surface area contributed by atoms with Crippen molar-refractivity contribution < 1.29 is 22.7 Å². The lowest BCUT2D eigenvalue weighted by Gasteiger charge is -2.08. The van der Waals surface area contributed by atoms with Crippen LogP contribution in [0.5, 0.6) is 5.75 Å². The van der Waals surface area contributed by atoms with Crippen LogP contribution in [0.3, 0.4) is 0 Å². The molecule has 0 fully saturated rings. The third kappa shape index (κ3) is 6.05. The minimum Gasteiger partial charge on any atom is -0.484 e. The average molecular weight is 368 g/mol. The summed E-state index contributed by atoms with van der Waals surface area (Å²) in [4.78, 5) is 11.6. The highest BCUT2D eigenvalue weighted by Gasteiger charge is 2.32. The fraction of sp³-hybridized carbons (Fsp3) is 0.167. The predicted molar refractivity (Wildman–Crippen MR) is 88.3 cm³/mol. The quantitative estimate of drug-likeness (QED) is 0.832. The van der Waals surface area contributed by atoms with E-state index in [2.05, 4.69) is 17.2 Å². The molecular formula is C18H13ClF3NO2. The van der Waals surface area contributed by atoms with E-state index in [0.717, 1.165) is 6.07 Å². The van der Waals surface area contributed by atoms with Gasteiger partial charge in [-0.2, -0.15) is 13.2 Å². The Balaban J connectivity index is 1.84. The van der Waals surface area contributed by atoms with Gasteiger partial charge in [-0.25, -0.2) is 0 Å². The standard InChI is InChI=1S/C18H13ClF3NO2/c19-14-7-9-15(10-8-14)25-12-17(24)23-11-3-5-13-4-1-2-6-16(13)18(20,21)22/h1-2,4,6-10H,11-12H2,(H,23,24). The van der Waals surface area contributed by atoms with Gasteiger partial charge in [-0.05, 0) is 36.4 Å². The van der Waals surface area contributed by atoms with Crippen molar-refractivity contribution in [3.8, 4) is 17.6 Å². The molecule has 0 saturated heterocycles. The van der Waals surface area contributed by atoms with Gasteiger partial charge >= 0.3 is 6.18 Å². The molecule has 0 aliphatic heterocycles. The van der Waals surface area contributed by atoms with Gasteiger partial charge in [0.15, 0.2) is 6.61 Å². The number of alkyl halides is 3. The number of nitrogens with one attached hydrogen (secondary N) is 1. The molecule has 2 aromatic carbocycles. The fourth-order valence-electron chi connectivity index (χ4n) is 1.85. The van der Waals surface area contributed by atoms with Crippen LogP contribution in [0.25, 0.3) is 0 Å². The van der Waals surface area contributed by atoms with Crippen molar-refractivity contribution in [2.45, 2.75) is 6.18 Å². The number of carbonyl (C=O) groups excluding carboxylic acids is 1.